The van der Waals surface area contributed by atoms with E-state index in [0.717, 1.165) is 12.1 Å². The number of carbonyl (C=O) groups is 4. The monoisotopic (exact) mass is 694 g/mol. The van der Waals surface area contributed by atoms with E-state index in [1.165, 1.54) is 44.1 Å². The number of likely N-dealkylation sites (N-methyl/N-ethyl adjacent to an activating group) is 1. The first-order valence-electron chi connectivity index (χ1n) is 14.3. The Morgan fingerprint density at radius 3 is 2.23 bits per heavy atom. The Balaban J connectivity index is 1.59. The van der Waals surface area contributed by atoms with Crippen LogP contribution in [0.2, 0.25) is 0 Å². The first-order chi connectivity index (χ1) is 22.3. The maximum atomic E-state index is 14.1. The van der Waals surface area contributed by atoms with E-state index >= 15 is 0 Å². The smallest absolute Gasteiger partial charge is 0.418 e. The minimum Gasteiger partial charge on any atom is -0.508 e. The number of Topliss-reactive ketones (excluding diaryl/α,β-unsaturated/α-hetero) is 2. The van der Waals surface area contributed by atoms with Gasteiger partial charge >= 0.3 is 12.2 Å². The second-order valence-electron chi connectivity index (χ2n) is 12.1. The molecule has 0 heterocycles. The summed E-state index contributed by atoms with van der Waals surface area (Å²) in [6.07, 6.45) is -6.66. The first-order valence-corrected chi connectivity index (χ1v) is 14.8. The number of nitrogens with one attached hydrogen (secondary N) is 2. The topological polar surface area (TPSA) is 223 Å². The number of nitrogens with zero attached hydrogens (tertiary/aromatic N) is 1. The lowest BCUT2D eigenvalue weighted by molar-refractivity contribution is -0.169. The van der Waals surface area contributed by atoms with Crippen molar-refractivity contribution < 1.29 is 57.9 Å². The zero-order chi connectivity index (χ0) is 35.8. The highest BCUT2D eigenvalue weighted by molar-refractivity contribution is 6.24. The third-order valence-electron chi connectivity index (χ3n) is 9.17. The molecule has 1 fully saturated rings. The number of ketones is 2. The van der Waals surface area contributed by atoms with Crippen LogP contribution in [0, 0.1) is 11.8 Å². The highest BCUT2D eigenvalue weighted by atomic mass is 35.5. The summed E-state index contributed by atoms with van der Waals surface area (Å²) >= 11 is 5.65. The number of aliphatic hydroxyl groups is 4. The summed E-state index contributed by atoms with van der Waals surface area (Å²) in [4.78, 5) is 53.6. The molecule has 0 saturated heterocycles. The second-order valence-corrected chi connectivity index (χ2v) is 12.3. The van der Waals surface area contributed by atoms with Crippen LogP contribution < -0.4 is 16.4 Å². The molecule has 0 aliphatic heterocycles. The lowest BCUT2D eigenvalue weighted by Crippen LogP contribution is -2.70. The minimum absolute atomic E-state index is 0.142. The normalized spacial score (nSPS) is 27.0. The third kappa shape index (κ3) is 5.06. The van der Waals surface area contributed by atoms with Crippen molar-refractivity contribution in [2.24, 2.45) is 17.6 Å². The van der Waals surface area contributed by atoms with Gasteiger partial charge in [0.2, 0.25) is 5.78 Å². The number of fused-ring (bicyclic) bond motifs is 3. The van der Waals surface area contributed by atoms with E-state index in [1.807, 2.05) is 0 Å². The van der Waals surface area contributed by atoms with Crippen LogP contribution in [0.3, 0.4) is 0 Å². The lowest BCUT2D eigenvalue weighted by Gasteiger charge is -2.53. The molecule has 9 N–H and O–H groups in total. The van der Waals surface area contributed by atoms with E-state index in [9.17, 15) is 57.9 Å². The number of benzene rings is 2. The fourth-order valence-electron chi connectivity index (χ4n) is 7.01. The number of hydrogen-bond acceptors (Lipinski definition) is 10. The average molecular weight is 695 g/mol. The van der Waals surface area contributed by atoms with Gasteiger partial charge in [-0.25, -0.2) is 4.79 Å². The highest BCUT2D eigenvalue weighted by Gasteiger charge is 2.68. The fraction of sp³-hybridized carbons (Fsp3) is 0.355. The standard InChI is InChI=1S/C31H30ClF3N4O9/c1-10-12-5-7-15(38-29(47)37-14-6-4-11(9-32)8-13(14)31(33,34)35)22(40)17(12)23(41)18-16(10)24(42)20-21(39(2)3)25(43)19(28(36)46)27(45)30(20,48)26(18)44/h4-8,10,16,20-21,24,40-42,45,48H,9H2,1-3H3,(H2,36,46)(H2,37,38,47)/t10-,16?,20?,21-,24-,30-/m0/s1. The molecule has 2 unspecified atom stereocenters. The number of hydrogen-bond donors (Lipinski definition) is 8. The zero-order valence-corrected chi connectivity index (χ0v) is 26.1. The molecule has 3 amide bonds. The molecule has 3 aliphatic rings. The summed E-state index contributed by atoms with van der Waals surface area (Å²) in [5.41, 5.74) is -1.89. The molecule has 3 aliphatic carbocycles. The molecular weight excluding hydrogens is 665 g/mol. The molecule has 1 saturated carbocycles. The van der Waals surface area contributed by atoms with Gasteiger partial charge in [-0.05, 0) is 49.3 Å². The molecule has 48 heavy (non-hydrogen) atoms. The van der Waals surface area contributed by atoms with Crippen LogP contribution in [0.4, 0.5) is 29.3 Å². The number of halogens is 4. The van der Waals surface area contributed by atoms with Gasteiger partial charge in [-0.3, -0.25) is 19.3 Å². The maximum Gasteiger partial charge on any atom is 0.418 e. The number of phenolic OH excluding ortho intramolecular Hbond substituents is 1. The van der Waals surface area contributed by atoms with Crippen molar-refractivity contribution in [2.45, 2.75) is 42.6 Å². The van der Waals surface area contributed by atoms with Gasteiger partial charge < -0.3 is 41.9 Å². The number of nitrogens with two attached hydrogens (primary N) is 1. The summed E-state index contributed by atoms with van der Waals surface area (Å²) in [7, 11) is 2.76. The van der Waals surface area contributed by atoms with Crippen molar-refractivity contribution in [1.29, 1.82) is 0 Å². The van der Waals surface area contributed by atoms with Gasteiger partial charge in [-0.1, -0.05) is 19.1 Å². The van der Waals surface area contributed by atoms with Crippen molar-refractivity contribution in [3.63, 3.8) is 0 Å². The van der Waals surface area contributed by atoms with Crippen molar-refractivity contribution >= 4 is 52.2 Å². The predicted molar refractivity (Wildman–Crippen MR) is 164 cm³/mol. The Morgan fingerprint density at radius 1 is 1.06 bits per heavy atom. The van der Waals surface area contributed by atoms with E-state index in [2.05, 4.69) is 10.6 Å². The average Bonchev–Trinajstić information content (AvgIpc) is 2.99. The number of aliphatic hydroxyl groups excluding tert-OH is 3. The third-order valence-corrected chi connectivity index (χ3v) is 9.48. The summed E-state index contributed by atoms with van der Waals surface area (Å²) < 4.78 is 41.0. The molecule has 17 heteroatoms. The number of aromatic hydroxyl groups is 1. The van der Waals surface area contributed by atoms with E-state index < -0.39 is 116 Å². The van der Waals surface area contributed by atoms with E-state index in [-0.39, 0.29) is 17.0 Å². The summed E-state index contributed by atoms with van der Waals surface area (Å²) in [6.45, 7) is 1.51. The Morgan fingerprint density at radius 2 is 1.67 bits per heavy atom. The van der Waals surface area contributed by atoms with Crippen molar-refractivity contribution in [3.8, 4) is 5.75 Å². The Kier molecular flexibility index (Phi) is 8.53. The van der Waals surface area contributed by atoms with E-state index in [1.54, 1.807) is 0 Å². The van der Waals surface area contributed by atoms with Gasteiger partial charge in [-0.15, -0.1) is 11.6 Å². The molecule has 5 rings (SSSR count). The molecule has 0 aromatic heterocycles. The number of urea groups is 1. The molecule has 256 valence electrons. The Hall–Kier alpha value is -4.64. The lowest BCUT2D eigenvalue weighted by atomic mass is 9.54. The maximum absolute atomic E-state index is 14.1. The number of amides is 3. The second kappa shape index (κ2) is 11.8. The largest absolute Gasteiger partial charge is 0.508 e. The van der Waals surface area contributed by atoms with Crippen molar-refractivity contribution in [3.05, 3.63) is 69.5 Å². The number of primary amides is 1. The Labute approximate surface area is 275 Å². The number of rotatable bonds is 5. The minimum atomic E-state index is -4.86. The predicted octanol–water partition coefficient (Wildman–Crippen LogP) is 2.90. The van der Waals surface area contributed by atoms with Crippen LogP contribution in [0.15, 0.2) is 47.2 Å². The zero-order valence-electron chi connectivity index (χ0n) is 25.4. The molecular formula is C31H30ClF3N4O9. The van der Waals surface area contributed by atoms with Gasteiger partial charge in [0, 0.05) is 17.4 Å². The number of phenols is 1. The number of anilines is 2. The van der Waals surface area contributed by atoms with E-state index in [0.29, 0.717) is 0 Å². The molecule has 13 nitrogen and oxygen atoms in total. The molecule has 6 atom stereocenters. The van der Waals surface area contributed by atoms with Crippen LogP contribution in [-0.2, 0) is 26.4 Å². The van der Waals surface area contributed by atoms with Crippen LogP contribution >= 0.6 is 11.6 Å². The summed E-state index contributed by atoms with van der Waals surface area (Å²) in [6, 6.07) is 2.79. The van der Waals surface area contributed by atoms with Gasteiger partial charge in [0.05, 0.1) is 40.6 Å². The van der Waals surface area contributed by atoms with Crippen molar-refractivity contribution in [1.82, 2.24) is 4.90 Å². The molecule has 2 aromatic rings. The number of carbonyl (C=O) groups excluding carboxylic acids is 4. The molecule has 0 radical (unpaired) electrons. The van der Waals surface area contributed by atoms with Crippen LogP contribution in [0.25, 0.3) is 5.76 Å². The highest BCUT2D eigenvalue weighted by Crippen LogP contribution is 2.56. The van der Waals surface area contributed by atoms with E-state index in [4.69, 9.17) is 17.3 Å². The summed E-state index contributed by atoms with van der Waals surface area (Å²) in [5.74, 6) is -11.3. The van der Waals surface area contributed by atoms with Crippen molar-refractivity contribution in [2.75, 3.05) is 24.7 Å². The van der Waals surface area contributed by atoms with Gasteiger partial charge in [0.1, 0.15) is 22.8 Å². The first kappa shape index (κ1) is 34.7. The quantitative estimate of drug-likeness (QED) is 0.130. The van der Waals surface area contributed by atoms with Crippen LogP contribution in [-0.4, -0.2) is 85.8 Å². The Bertz CT molecular complexity index is 1840. The SMILES string of the molecule is C[C@H]1c2ccc(NC(=O)Nc3ccc(CCl)cc3C(F)(F)F)c(O)c2C(O)=C2C(=O)[C@]3(O)C(O)=C(C(N)=O)C(=O)[C@@H](N(C)C)C3[C@@H](O)C21. The van der Waals surface area contributed by atoms with Crippen LogP contribution in [0.1, 0.15) is 35.1 Å². The molecule has 0 spiro atoms. The van der Waals surface area contributed by atoms with Gasteiger partial charge in [0.25, 0.3) is 5.91 Å². The fourth-order valence-corrected chi connectivity index (χ4v) is 7.18. The van der Waals surface area contributed by atoms with Gasteiger partial charge in [0.15, 0.2) is 11.4 Å². The summed E-state index contributed by atoms with van der Waals surface area (Å²) in [5, 5.41) is 61.3. The molecule has 2 aromatic carbocycles. The van der Waals surface area contributed by atoms with Crippen LogP contribution in [0.5, 0.6) is 5.75 Å². The number of alkyl halides is 4. The molecule has 0 bridgehead atoms. The van der Waals surface area contributed by atoms with Gasteiger partial charge in [-0.2, -0.15) is 13.2 Å².